The van der Waals surface area contributed by atoms with Gasteiger partial charge in [-0.25, -0.2) is 4.39 Å². The minimum absolute atomic E-state index is 0.0190. The maximum Gasteiger partial charge on any atom is 0.129 e. The van der Waals surface area contributed by atoms with Gasteiger partial charge in [0.25, 0.3) is 0 Å². The number of rotatable bonds is 6. The van der Waals surface area contributed by atoms with Crippen LogP contribution in [-0.4, -0.2) is 19.1 Å². The first kappa shape index (κ1) is 17.0. The fourth-order valence-corrected chi connectivity index (χ4v) is 2.13. The first-order valence-electron chi connectivity index (χ1n) is 7.48. The smallest absolute Gasteiger partial charge is 0.129 e. The van der Waals surface area contributed by atoms with Gasteiger partial charge in [-0.05, 0) is 38.8 Å². The number of nitrogens with zero attached hydrogens (tertiary/aromatic N) is 1. The van der Waals surface area contributed by atoms with E-state index in [0.29, 0.717) is 12.5 Å². The van der Waals surface area contributed by atoms with Crippen LogP contribution in [0.4, 0.5) is 10.1 Å². The highest BCUT2D eigenvalue weighted by atomic mass is 19.1. The van der Waals surface area contributed by atoms with E-state index in [0.717, 1.165) is 24.2 Å². The fourth-order valence-electron chi connectivity index (χ4n) is 2.13. The van der Waals surface area contributed by atoms with Crippen LogP contribution in [-0.2, 0) is 6.54 Å². The van der Waals surface area contributed by atoms with Crippen molar-refractivity contribution >= 4 is 5.69 Å². The van der Waals surface area contributed by atoms with Gasteiger partial charge in [-0.3, -0.25) is 0 Å². The third kappa shape index (κ3) is 5.12. The Hall–Kier alpha value is -1.09. The molecular weight excluding hydrogens is 251 g/mol. The molecule has 0 radical (unpaired) electrons. The van der Waals surface area contributed by atoms with E-state index in [2.05, 4.69) is 44.8 Å². The van der Waals surface area contributed by atoms with Crippen LogP contribution in [0.15, 0.2) is 18.2 Å². The van der Waals surface area contributed by atoms with Gasteiger partial charge in [0.1, 0.15) is 5.82 Å². The minimum atomic E-state index is -0.129. The summed E-state index contributed by atoms with van der Waals surface area (Å²) in [6.45, 7) is 12.2. The van der Waals surface area contributed by atoms with E-state index in [9.17, 15) is 4.39 Å². The van der Waals surface area contributed by atoms with Gasteiger partial charge in [-0.1, -0.05) is 26.3 Å². The molecule has 0 amide bonds. The van der Waals surface area contributed by atoms with Crippen molar-refractivity contribution < 1.29 is 4.39 Å². The second-order valence-corrected chi connectivity index (χ2v) is 6.74. The van der Waals surface area contributed by atoms with Crippen LogP contribution in [0.2, 0.25) is 0 Å². The second-order valence-electron chi connectivity index (χ2n) is 6.74. The van der Waals surface area contributed by atoms with Crippen LogP contribution >= 0.6 is 0 Å². The van der Waals surface area contributed by atoms with E-state index >= 15 is 0 Å². The average molecular weight is 280 g/mol. The molecule has 3 heteroatoms. The predicted molar refractivity (Wildman–Crippen MR) is 85.7 cm³/mol. The molecule has 114 valence electrons. The molecule has 0 heterocycles. The number of anilines is 1. The molecule has 2 nitrogen and oxygen atoms in total. The van der Waals surface area contributed by atoms with Gasteiger partial charge in [-0.15, -0.1) is 0 Å². The third-order valence-corrected chi connectivity index (χ3v) is 3.58. The Morgan fingerprint density at radius 1 is 1.30 bits per heavy atom. The molecule has 20 heavy (non-hydrogen) atoms. The Bertz CT molecular complexity index is 423. The third-order valence-electron chi connectivity index (χ3n) is 3.58. The molecule has 1 atom stereocenters. The lowest BCUT2D eigenvalue weighted by molar-refractivity contribution is 0.418. The molecular formula is C17H29FN2. The summed E-state index contributed by atoms with van der Waals surface area (Å²) in [6, 6.07) is 5.34. The van der Waals surface area contributed by atoms with Crippen molar-refractivity contribution in [2.24, 2.45) is 5.92 Å². The van der Waals surface area contributed by atoms with Crippen molar-refractivity contribution in [1.82, 2.24) is 5.32 Å². The van der Waals surface area contributed by atoms with Crippen molar-refractivity contribution in [3.05, 3.63) is 29.6 Å². The van der Waals surface area contributed by atoms with Crippen molar-refractivity contribution in [2.45, 2.75) is 53.1 Å². The van der Waals surface area contributed by atoms with Crippen molar-refractivity contribution in [2.75, 3.05) is 18.5 Å². The standard InChI is InChI=1S/C17H29FN2/c1-7-13(2)12-20(6)16-10-8-9-15(18)14(16)11-19-17(3,4)5/h8-10,13,19H,7,11-12H2,1-6H3. The highest BCUT2D eigenvalue weighted by molar-refractivity contribution is 5.53. The summed E-state index contributed by atoms with van der Waals surface area (Å²) in [5.74, 6) is 0.474. The van der Waals surface area contributed by atoms with Gasteiger partial charge >= 0.3 is 0 Å². The van der Waals surface area contributed by atoms with E-state index in [4.69, 9.17) is 0 Å². The molecule has 1 aromatic rings. The van der Waals surface area contributed by atoms with Gasteiger partial charge in [0, 0.05) is 36.9 Å². The Balaban J connectivity index is 2.92. The Labute approximate surface area is 123 Å². The number of halogens is 1. The van der Waals surface area contributed by atoms with E-state index in [1.165, 1.54) is 0 Å². The van der Waals surface area contributed by atoms with Gasteiger partial charge in [0.05, 0.1) is 0 Å². The Morgan fingerprint density at radius 3 is 2.50 bits per heavy atom. The van der Waals surface area contributed by atoms with Crippen LogP contribution in [0.1, 0.15) is 46.6 Å². The molecule has 0 saturated heterocycles. The molecule has 0 aliphatic carbocycles. The number of hydrogen-bond acceptors (Lipinski definition) is 2. The largest absolute Gasteiger partial charge is 0.374 e. The molecule has 0 bridgehead atoms. The maximum atomic E-state index is 14.1. The van der Waals surface area contributed by atoms with Crippen LogP contribution < -0.4 is 10.2 Å². The molecule has 0 aliphatic heterocycles. The zero-order valence-electron chi connectivity index (χ0n) is 13.8. The lowest BCUT2D eigenvalue weighted by atomic mass is 10.1. The minimum Gasteiger partial charge on any atom is -0.374 e. The summed E-state index contributed by atoms with van der Waals surface area (Å²) >= 11 is 0. The molecule has 1 rings (SSSR count). The van der Waals surface area contributed by atoms with E-state index in [-0.39, 0.29) is 11.4 Å². The zero-order chi connectivity index (χ0) is 15.3. The summed E-state index contributed by atoms with van der Waals surface area (Å²) in [6.07, 6.45) is 1.13. The van der Waals surface area contributed by atoms with Gasteiger partial charge in [0.15, 0.2) is 0 Å². The monoisotopic (exact) mass is 280 g/mol. The molecule has 0 spiro atoms. The summed E-state index contributed by atoms with van der Waals surface area (Å²) in [7, 11) is 2.04. The van der Waals surface area contributed by atoms with Crippen LogP contribution in [0.3, 0.4) is 0 Å². The highest BCUT2D eigenvalue weighted by Gasteiger charge is 2.16. The zero-order valence-corrected chi connectivity index (χ0v) is 13.8. The Morgan fingerprint density at radius 2 is 1.95 bits per heavy atom. The maximum absolute atomic E-state index is 14.1. The summed E-state index contributed by atoms with van der Waals surface area (Å²) in [4.78, 5) is 2.16. The van der Waals surface area contributed by atoms with Crippen LogP contribution in [0.5, 0.6) is 0 Å². The lowest BCUT2D eigenvalue weighted by Crippen LogP contribution is -2.36. The average Bonchev–Trinajstić information content (AvgIpc) is 2.35. The lowest BCUT2D eigenvalue weighted by Gasteiger charge is -2.27. The normalized spacial score (nSPS) is 13.3. The van der Waals surface area contributed by atoms with E-state index in [1.54, 1.807) is 12.1 Å². The van der Waals surface area contributed by atoms with E-state index < -0.39 is 0 Å². The first-order valence-corrected chi connectivity index (χ1v) is 7.48. The van der Waals surface area contributed by atoms with Crippen LogP contribution in [0.25, 0.3) is 0 Å². The topological polar surface area (TPSA) is 15.3 Å². The molecule has 1 N–H and O–H groups in total. The van der Waals surface area contributed by atoms with E-state index in [1.807, 2.05) is 13.1 Å². The predicted octanol–water partition coefficient (Wildman–Crippen LogP) is 4.20. The van der Waals surface area contributed by atoms with Gasteiger partial charge < -0.3 is 10.2 Å². The quantitative estimate of drug-likeness (QED) is 0.840. The highest BCUT2D eigenvalue weighted by Crippen LogP contribution is 2.24. The molecule has 0 saturated carbocycles. The summed E-state index contributed by atoms with van der Waals surface area (Å²) < 4.78 is 14.1. The molecule has 0 fully saturated rings. The molecule has 1 unspecified atom stereocenters. The second kappa shape index (κ2) is 7.07. The van der Waals surface area contributed by atoms with Crippen molar-refractivity contribution in [1.29, 1.82) is 0 Å². The first-order chi connectivity index (χ1) is 9.24. The van der Waals surface area contributed by atoms with Crippen LogP contribution in [0, 0.1) is 11.7 Å². The molecule has 0 aliphatic rings. The molecule has 0 aromatic heterocycles. The number of benzene rings is 1. The van der Waals surface area contributed by atoms with Gasteiger partial charge in [-0.2, -0.15) is 0 Å². The summed E-state index contributed by atoms with van der Waals surface area (Å²) in [5, 5.41) is 3.37. The number of hydrogen-bond donors (Lipinski definition) is 1. The summed E-state index contributed by atoms with van der Waals surface area (Å²) in [5.41, 5.74) is 1.73. The Kier molecular flexibility index (Phi) is 6.00. The SMILES string of the molecule is CCC(C)CN(C)c1cccc(F)c1CNC(C)(C)C. The van der Waals surface area contributed by atoms with Gasteiger partial charge in [0.2, 0.25) is 0 Å². The molecule has 1 aromatic carbocycles. The van der Waals surface area contributed by atoms with Crippen molar-refractivity contribution in [3.8, 4) is 0 Å². The fraction of sp³-hybridized carbons (Fsp3) is 0.647. The number of nitrogens with one attached hydrogen (secondary N) is 1. The van der Waals surface area contributed by atoms with Crippen molar-refractivity contribution in [3.63, 3.8) is 0 Å².